The summed E-state index contributed by atoms with van der Waals surface area (Å²) in [6.45, 7) is 0. The Morgan fingerprint density at radius 2 is 1.83 bits per heavy atom. The van der Waals surface area contributed by atoms with Crippen molar-refractivity contribution in [3.8, 4) is 5.88 Å². The van der Waals surface area contributed by atoms with Gasteiger partial charge in [-0.15, -0.1) is 0 Å². The fraction of sp³-hybridized carbons (Fsp3) is 0.615. The quantitative estimate of drug-likeness (QED) is 0.830. The lowest BCUT2D eigenvalue weighted by Crippen LogP contribution is -2.16. The molecule has 0 spiro atoms. The molecule has 0 aromatic carbocycles. The summed E-state index contributed by atoms with van der Waals surface area (Å²) < 4.78 is 5.92. The molecule has 2 rings (SSSR count). The van der Waals surface area contributed by atoms with Crippen molar-refractivity contribution in [3.05, 3.63) is 16.1 Å². The monoisotopic (exact) mass is 288 g/mol. The first-order chi connectivity index (χ1) is 8.70. The molecule has 1 N–H and O–H groups in total. The van der Waals surface area contributed by atoms with Crippen molar-refractivity contribution in [2.45, 2.75) is 44.6 Å². The normalized spacial score (nSPS) is 17.3. The first kappa shape index (κ1) is 13.8. The molecule has 5 heteroatoms. The highest BCUT2D eigenvalue weighted by molar-refractivity contribution is 6.36. The summed E-state index contributed by atoms with van der Waals surface area (Å²) in [7, 11) is 1.78. The zero-order valence-corrected chi connectivity index (χ0v) is 12.0. The van der Waals surface area contributed by atoms with Crippen molar-refractivity contribution in [3.63, 3.8) is 0 Å². The van der Waals surface area contributed by atoms with Crippen molar-refractivity contribution >= 4 is 29.0 Å². The number of pyridine rings is 1. The standard InChI is InChI=1S/C13H18Cl2N2O/c1-16-12-10(14)8-11(15)13(17-12)18-9-6-4-2-3-5-7-9/h8-9H,2-7H2,1H3,(H,16,17). The summed E-state index contributed by atoms with van der Waals surface area (Å²) in [5.41, 5.74) is 0. The maximum absolute atomic E-state index is 6.12. The molecule has 0 aliphatic heterocycles. The first-order valence-corrected chi connectivity index (χ1v) is 7.16. The van der Waals surface area contributed by atoms with E-state index in [4.69, 9.17) is 27.9 Å². The minimum atomic E-state index is 0.225. The van der Waals surface area contributed by atoms with Gasteiger partial charge in [0.15, 0.2) is 0 Å². The molecule has 1 aliphatic rings. The molecule has 18 heavy (non-hydrogen) atoms. The van der Waals surface area contributed by atoms with Gasteiger partial charge in [0.2, 0.25) is 5.88 Å². The van der Waals surface area contributed by atoms with Gasteiger partial charge in [0.25, 0.3) is 0 Å². The zero-order chi connectivity index (χ0) is 13.0. The second-order valence-electron chi connectivity index (χ2n) is 4.59. The van der Waals surface area contributed by atoms with E-state index in [9.17, 15) is 0 Å². The second kappa shape index (κ2) is 6.48. The van der Waals surface area contributed by atoms with E-state index in [2.05, 4.69) is 10.3 Å². The van der Waals surface area contributed by atoms with Gasteiger partial charge < -0.3 is 10.1 Å². The lowest BCUT2D eigenvalue weighted by atomic mass is 10.1. The lowest BCUT2D eigenvalue weighted by Gasteiger charge is -2.17. The van der Waals surface area contributed by atoms with Gasteiger partial charge in [0, 0.05) is 7.05 Å². The van der Waals surface area contributed by atoms with Gasteiger partial charge in [0.05, 0.1) is 5.02 Å². The van der Waals surface area contributed by atoms with Gasteiger partial charge in [-0.05, 0) is 31.7 Å². The summed E-state index contributed by atoms with van der Waals surface area (Å²) >= 11 is 12.1. The van der Waals surface area contributed by atoms with Crippen LogP contribution < -0.4 is 10.1 Å². The van der Waals surface area contributed by atoms with E-state index >= 15 is 0 Å². The SMILES string of the molecule is CNc1nc(OC2CCCCCC2)c(Cl)cc1Cl. The second-order valence-corrected chi connectivity index (χ2v) is 5.40. The van der Waals surface area contributed by atoms with Crippen LogP contribution in [-0.2, 0) is 0 Å². The highest BCUT2D eigenvalue weighted by atomic mass is 35.5. The third-order valence-corrected chi connectivity index (χ3v) is 3.77. The predicted octanol–water partition coefficient (Wildman–Crippen LogP) is 4.53. The molecular formula is C13H18Cl2N2O. The summed E-state index contributed by atoms with van der Waals surface area (Å²) in [4.78, 5) is 4.32. The molecule has 3 nitrogen and oxygen atoms in total. The number of hydrogen-bond acceptors (Lipinski definition) is 3. The molecule has 1 aliphatic carbocycles. The Labute approximate surface area is 118 Å². The van der Waals surface area contributed by atoms with Crippen LogP contribution >= 0.6 is 23.2 Å². The van der Waals surface area contributed by atoms with Crippen LogP contribution in [0, 0.1) is 0 Å². The van der Waals surface area contributed by atoms with Gasteiger partial charge in [-0.25, -0.2) is 0 Å². The van der Waals surface area contributed by atoms with Crippen molar-refractivity contribution in [1.82, 2.24) is 4.98 Å². The maximum Gasteiger partial charge on any atom is 0.234 e. The Balaban J connectivity index is 2.12. The molecule has 0 amide bonds. The van der Waals surface area contributed by atoms with Crippen LogP contribution in [0.5, 0.6) is 5.88 Å². The van der Waals surface area contributed by atoms with Crippen molar-refractivity contribution < 1.29 is 4.74 Å². The number of hydrogen-bond donors (Lipinski definition) is 1. The number of rotatable bonds is 3. The number of halogens is 2. The van der Waals surface area contributed by atoms with E-state index in [-0.39, 0.29) is 6.10 Å². The molecule has 0 atom stereocenters. The number of nitrogens with one attached hydrogen (secondary N) is 1. The smallest absolute Gasteiger partial charge is 0.234 e. The van der Waals surface area contributed by atoms with Crippen LogP contribution in [0.25, 0.3) is 0 Å². The first-order valence-electron chi connectivity index (χ1n) is 6.41. The fourth-order valence-corrected chi connectivity index (χ4v) is 2.72. The zero-order valence-electron chi connectivity index (χ0n) is 10.5. The molecule has 1 saturated carbocycles. The summed E-state index contributed by atoms with van der Waals surface area (Å²) in [6.07, 6.45) is 7.41. The Hall–Kier alpha value is -0.670. The van der Waals surface area contributed by atoms with E-state index in [0.29, 0.717) is 21.7 Å². The average molecular weight is 289 g/mol. The van der Waals surface area contributed by atoms with Crippen molar-refractivity contribution in [2.24, 2.45) is 0 Å². The van der Waals surface area contributed by atoms with E-state index in [1.54, 1.807) is 13.1 Å². The van der Waals surface area contributed by atoms with Gasteiger partial charge in [-0.1, -0.05) is 36.0 Å². The Bertz CT molecular complexity index is 404. The molecule has 1 aromatic heterocycles. The molecule has 1 heterocycles. The molecule has 0 bridgehead atoms. The predicted molar refractivity (Wildman–Crippen MR) is 75.9 cm³/mol. The third kappa shape index (κ3) is 3.42. The topological polar surface area (TPSA) is 34.2 Å². The molecule has 1 aromatic rings. The van der Waals surface area contributed by atoms with Crippen molar-refractivity contribution in [2.75, 3.05) is 12.4 Å². The minimum Gasteiger partial charge on any atom is -0.473 e. The van der Waals surface area contributed by atoms with Crippen LogP contribution in [0.1, 0.15) is 38.5 Å². The number of nitrogens with zero attached hydrogens (tertiary/aromatic N) is 1. The minimum absolute atomic E-state index is 0.225. The van der Waals surface area contributed by atoms with Crippen LogP contribution in [-0.4, -0.2) is 18.1 Å². The van der Waals surface area contributed by atoms with Crippen LogP contribution in [0.2, 0.25) is 10.0 Å². The maximum atomic E-state index is 6.12. The molecular weight excluding hydrogens is 271 g/mol. The highest BCUT2D eigenvalue weighted by Crippen LogP contribution is 2.32. The number of ether oxygens (including phenoxy) is 1. The molecule has 1 fully saturated rings. The summed E-state index contributed by atoms with van der Waals surface area (Å²) in [5, 5.41) is 3.92. The Morgan fingerprint density at radius 3 is 2.44 bits per heavy atom. The van der Waals surface area contributed by atoms with Crippen molar-refractivity contribution in [1.29, 1.82) is 0 Å². The number of aromatic nitrogens is 1. The number of anilines is 1. The van der Waals surface area contributed by atoms with Crippen LogP contribution in [0.3, 0.4) is 0 Å². The molecule has 0 saturated heterocycles. The Morgan fingerprint density at radius 1 is 1.17 bits per heavy atom. The highest BCUT2D eigenvalue weighted by Gasteiger charge is 2.17. The van der Waals surface area contributed by atoms with E-state index < -0.39 is 0 Å². The summed E-state index contributed by atoms with van der Waals surface area (Å²) in [5.74, 6) is 1.09. The van der Waals surface area contributed by atoms with Gasteiger partial charge >= 0.3 is 0 Å². The average Bonchev–Trinajstić information content (AvgIpc) is 2.61. The molecule has 0 radical (unpaired) electrons. The van der Waals surface area contributed by atoms with Crippen LogP contribution in [0.15, 0.2) is 6.07 Å². The van der Waals surface area contributed by atoms with E-state index in [1.165, 1.54) is 25.7 Å². The Kier molecular flexibility index (Phi) is 4.95. The molecule has 0 unspecified atom stereocenters. The third-order valence-electron chi connectivity index (χ3n) is 3.21. The van der Waals surface area contributed by atoms with E-state index in [1.807, 2.05) is 0 Å². The van der Waals surface area contributed by atoms with E-state index in [0.717, 1.165) is 12.8 Å². The summed E-state index contributed by atoms with van der Waals surface area (Å²) in [6, 6.07) is 1.67. The molecule has 100 valence electrons. The fourth-order valence-electron chi connectivity index (χ4n) is 2.23. The lowest BCUT2D eigenvalue weighted by molar-refractivity contribution is 0.176. The van der Waals surface area contributed by atoms with Gasteiger partial charge in [-0.3, -0.25) is 0 Å². The van der Waals surface area contributed by atoms with Crippen LogP contribution in [0.4, 0.5) is 5.82 Å². The largest absolute Gasteiger partial charge is 0.473 e. The van der Waals surface area contributed by atoms with Gasteiger partial charge in [0.1, 0.15) is 16.9 Å². The van der Waals surface area contributed by atoms with Gasteiger partial charge in [-0.2, -0.15) is 4.98 Å².